The van der Waals surface area contributed by atoms with E-state index in [9.17, 15) is 4.79 Å². The summed E-state index contributed by atoms with van der Waals surface area (Å²) in [5.41, 5.74) is 3.59. The molecule has 0 bridgehead atoms. The fourth-order valence-corrected chi connectivity index (χ4v) is 2.96. The van der Waals surface area contributed by atoms with Gasteiger partial charge in [0.1, 0.15) is 5.75 Å². The van der Waals surface area contributed by atoms with Crippen molar-refractivity contribution in [2.45, 2.75) is 20.4 Å². The van der Waals surface area contributed by atoms with Gasteiger partial charge in [-0.3, -0.25) is 4.79 Å². The van der Waals surface area contributed by atoms with Gasteiger partial charge in [-0.1, -0.05) is 49.3 Å². The minimum Gasteiger partial charge on any atom is -0.423 e. The van der Waals surface area contributed by atoms with Crippen molar-refractivity contribution in [3.8, 4) is 17.4 Å². The Morgan fingerprint density at radius 3 is 2.47 bits per heavy atom. The molecule has 8 nitrogen and oxygen atoms in total. The van der Waals surface area contributed by atoms with Crippen molar-refractivity contribution in [1.82, 2.24) is 20.2 Å². The summed E-state index contributed by atoms with van der Waals surface area (Å²) in [6.45, 7) is 4.34. The van der Waals surface area contributed by atoms with E-state index in [1.807, 2.05) is 92.7 Å². The van der Waals surface area contributed by atoms with Crippen molar-refractivity contribution < 1.29 is 9.53 Å². The lowest BCUT2D eigenvalue weighted by Crippen LogP contribution is -2.17. The van der Waals surface area contributed by atoms with Crippen LogP contribution in [0.3, 0.4) is 0 Å². The molecule has 1 aromatic heterocycles. The second-order valence-electron chi connectivity index (χ2n) is 7.53. The number of amides is 1. The van der Waals surface area contributed by atoms with Crippen LogP contribution in [0.25, 0.3) is 5.69 Å². The van der Waals surface area contributed by atoms with E-state index in [1.54, 1.807) is 4.68 Å². The molecule has 0 saturated heterocycles. The topological polar surface area (TPSA) is 94.0 Å². The van der Waals surface area contributed by atoms with Crippen LogP contribution >= 0.6 is 0 Å². The fraction of sp³-hybridized carbons (Fsp3) is 0.167. The fourth-order valence-electron chi connectivity index (χ4n) is 2.96. The van der Waals surface area contributed by atoms with E-state index >= 15 is 0 Å². The summed E-state index contributed by atoms with van der Waals surface area (Å²) < 4.78 is 7.47. The highest BCUT2D eigenvalue weighted by Crippen LogP contribution is 2.23. The molecule has 32 heavy (non-hydrogen) atoms. The molecule has 1 heterocycles. The summed E-state index contributed by atoms with van der Waals surface area (Å²) in [6, 6.07) is 25.2. The molecule has 0 aliphatic carbocycles. The van der Waals surface area contributed by atoms with Gasteiger partial charge in [0.25, 0.3) is 0 Å². The van der Waals surface area contributed by atoms with Gasteiger partial charge in [0, 0.05) is 23.8 Å². The predicted molar refractivity (Wildman–Crippen MR) is 123 cm³/mol. The molecule has 3 aromatic carbocycles. The van der Waals surface area contributed by atoms with Crippen molar-refractivity contribution >= 4 is 17.3 Å². The highest BCUT2D eigenvalue weighted by Gasteiger charge is 2.11. The molecule has 1 amide bonds. The zero-order chi connectivity index (χ0) is 22.3. The Kier molecular flexibility index (Phi) is 6.41. The maximum absolute atomic E-state index is 11.8. The lowest BCUT2D eigenvalue weighted by molar-refractivity contribution is -0.118. The number of rotatable bonds is 8. The van der Waals surface area contributed by atoms with Crippen molar-refractivity contribution in [3.63, 3.8) is 0 Å². The summed E-state index contributed by atoms with van der Waals surface area (Å²) in [6.07, 6.45) is 0. The maximum atomic E-state index is 11.8. The summed E-state index contributed by atoms with van der Waals surface area (Å²) in [5, 5.41) is 18.0. The third-order valence-corrected chi connectivity index (χ3v) is 4.72. The molecule has 0 radical (unpaired) electrons. The molecule has 162 valence electrons. The van der Waals surface area contributed by atoms with Crippen LogP contribution < -0.4 is 15.4 Å². The quantitative estimate of drug-likeness (QED) is 0.424. The van der Waals surface area contributed by atoms with Crippen LogP contribution in [0, 0.1) is 5.92 Å². The number of ether oxygens (including phenoxy) is 1. The van der Waals surface area contributed by atoms with E-state index in [0.717, 1.165) is 22.6 Å². The van der Waals surface area contributed by atoms with Gasteiger partial charge in [0.05, 0.1) is 5.69 Å². The third-order valence-electron chi connectivity index (χ3n) is 4.72. The zero-order valence-corrected chi connectivity index (χ0v) is 17.9. The van der Waals surface area contributed by atoms with Gasteiger partial charge in [0.15, 0.2) is 0 Å². The Hall–Kier alpha value is -4.20. The number of anilines is 2. The minimum atomic E-state index is -0.0559. The van der Waals surface area contributed by atoms with Gasteiger partial charge in [-0.2, -0.15) is 4.68 Å². The number of para-hydroxylation sites is 1. The normalized spacial score (nSPS) is 10.7. The molecular formula is C24H24N6O2. The van der Waals surface area contributed by atoms with Crippen LogP contribution in [0.2, 0.25) is 0 Å². The van der Waals surface area contributed by atoms with Gasteiger partial charge in [-0.25, -0.2) is 0 Å². The van der Waals surface area contributed by atoms with Crippen molar-refractivity contribution in [2.24, 2.45) is 5.92 Å². The number of hydrogen-bond acceptors (Lipinski definition) is 6. The Bertz CT molecular complexity index is 1170. The van der Waals surface area contributed by atoms with Crippen LogP contribution in [0.15, 0.2) is 78.9 Å². The Morgan fingerprint density at radius 2 is 1.72 bits per heavy atom. The molecule has 0 aliphatic heterocycles. The first-order chi connectivity index (χ1) is 15.6. The van der Waals surface area contributed by atoms with E-state index < -0.39 is 0 Å². The summed E-state index contributed by atoms with van der Waals surface area (Å²) in [4.78, 5) is 11.8. The highest BCUT2D eigenvalue weighted by atomic mass is 16.5. The smallest absolute Gasteiger partial charge is 0.345 e. The largest absolute Gasteiger partial charge is 0.423 e. The van der Waals surface area contributed by atoms with Gasteiger partial charge >= 0.3 is 6.01 Å². The SMILES string of the molecule is CC(C)C(=O)Nc1ccc(NCc2cccc(Oc3nnnn3-c3ccccc3)c2)cc1. The second-order valence-corrected chi connectivity index (χ2v) is 7.53. The first kappa shape index (κ1) is 21.0. The molecule has 0 aliphatic rings. The molecule has 4 aromatic rings. The number of benzene rings is 3. The number of aromatic nitrogens is 4. The summed E-state index contributed by atoms with van der Waals surface area (Å²) in [7, 11) is 0. The summed E-state index contributed by atoms with van der Waals surface area (Å²) in [5.74, 6) is 0.587. The van der Waals surface area contributed by atoms with E-state index in [1.165, 1.54) is 0 Å². The van der Waals surface area contributed by atoms with Gasteiger partial charge in [0.2, 0.25) is 5.91 Å². The monoisotopic (exact) mass is 428 g/mol. The third kappa shape index (κ3) is 5.28. The Balaban J connectivity index is 1.38. The number of nitrogens with one attached hydrogen (secondary N) is 2. The first-order valence-corrected chi connectivity index (χ1v) is 10.3. The van der Waals surface area contributed by atoms with Crippen LogP contribution in [-0.4, -0.2) is 26.1 Å². The van der Waals surface area contributed by atoms with Crippen molar-refractivity contribution in [3.05, 3.63) is 84.4 Å². The minimum absolute atomic E-state index is 0.000760. The van der Waals surface area contributed by atoms with Crippen LogP contribution in [-0.2, 0) is 11.3 Å². The van der Waals surface area contributed by atoms with E-state index in [2.05, 4.69) is 26.2 Å². The summed E-state index contributed by atoms with van der Waals surface area (Å²) >= 11 is 0. The number of carbonyl (C=O) groups excluding carboxylic acids is 1. The predicted octanol–water partition coefficient (Wildman–Crippen LogP) is 4.66. The molecule has 0 fully saturated rings. The molecule has 0 spiro atoms. The highest BCUT2D eigenvalue weighted by molar-refractivity contribution is 5.92. The zero-order valence-electron chi connectivity index (χ0n) is 17.9. The lowest BCUT2D eigenvalue weighted by atomic mass is 10.2. The van der Waals surface area contributed by atoms with Crippen molar-refractivity contribution in [1.29, 1.82) is 0 Å². The number of carbonyl (C=O) groups is 1. The Morgan fingerprint density at radius 1 is 0.969 bits per heavy atom. The standard InChI is InChI=1S/C24H24N6O2/c1-17(2)23(31)26-20-13-11-19(12-14-20)25-16-18-7-6-10-22(15-18)32-24-27-28-29-30(24)21-8-4-3-5-9-21/h3-15,17,25H,16H2,1-2H3,(H,26,31). The van der Waals surface area contributed by atoms with Crippen LogP contribution in [0.1, 0.15) is 19.4 Å². The number of tetrazole rings is 1. The molecular weight excluding hydrogens is 404 g/mol. The van der Waals surface area contributed by atoms with Gasteiger partial charge in [-0.05, 0) is 64.5 Å². The molecule has 8 heteroatoms. The molecule has 0 saturated carbocycles. The van der Waals surface area contributed by atoms with Crippen molar-refractivity contribution in [2.75, 3.05) is 10.6 Å². The molecule has 0 unspecified atom stereocenters. The van der Waals surface area contributed by atoms with Gasteiger partial charge < -0.3 is 15.4 Å². The number of hydrogen-bond donors (Lipinski definition) is 2. The van der Waals surface area contributed by atoms with Gasteiger partial charge in [-0.15, -0.1) is 0 Å². The van der Waals surface area contributed by atoms with E-state index in [-0.39, 0.29) is 11.8 Å². The van der Waals surface area contributed by atoms with E-state index in [0.29, 0.717) is 18.3 Å². The molecule has 4 rings (SSSR count). The first-order valence-electron chi connectivity index (χ1n) is 10.3. The maximum Gasteiger partial charge on any atom is 0.345 e. The average molecular weight is 428 g/mol. The molecule has 2 N–H and O–H groups in total. The molecule has 0 atom stereocenters. The van der Waals surface area contributed by atoms with Crippen LogP contribution in [0.4, 0.5) is 11.4 Å². The number of nitrogens with zero attached hydrogens (tertiary/aromatic N) is 4. The van der Waals surface area contributed by atoms with E-state index in [4.69, 9.17) is 4.74 Å². The second kappa shape index (κ2) is 9.74. The lowest BCUT2D eigenvalue weighted by Gasteiger charge is -2.11. The average Bonchev–Trinajstić information content (AvgIpc) is 3.27. The van der Waals surface area contributed by atoms with Crippen LogP contribution in [0.5, 0.6) is 11.8 Å². The Labute approximate surface area is 186 Å².